The van der Waals surface area contributed by atoms with Gasteiger partial charge in [-0.2, -0.15) is 9.97 Å². The Morgan fingerprint density at radius 1 is 0.815 bits per heavy atom. The van der Waals surface area contributed by atoms with E-state index >= 15 is 4.39 Å². The van der Waals surface area contributed by atoms with Crippen LogP contribution in [0.3, 0.4) is 0 Å². The van der Waals surface area contributed by atoms with E-state index in [1.165, 1.54) is 0 Å². The lowest BCUT2D eigenvalue weighted by atomic mass is 9.96. The third kappa shape index (κ3) is 12.9. The van der Waals surface area contributed by atoms with Crippen LogP contribution >= 0.6 is 0 Å². The highest BCUT2D eigenvalue weighted by molar-refractivity contribution is 6.90. The number of piperidine rings is 1. The first-order valence-electron chi connectivity index (χ1n) is 29.7. The van der Waals surface area contributed by atoms with E-state index in [9.17, 15) is 9.59 Å². The molecule has 15 nitrogen and oxygen atoms in total. The fourth-order valence-electron chi connectivity index (χ4n) is 13.5. The van der Waals surface area contributed by atoms with Crippen LogP contribution in [-0.2, 0) is 20.8 Å². The molecule has 5 aromatic rings. The maximum absolute atomic E-state index is 18.2. The number of anilines is 1. The molecular weight excluding hydrogens is 1040 g/mol. The standard InChI is InChI=1S/C64H85FN8O7Si/c1-43(2)81(44(3)4,45(5)6)32-23-48-17-14-18-49-33-52(79-42-76-10)34-53(55(48)49)57-56(65)58-54(35-66-57)59(72-37-50-19-20-51(38-72)73(50)62(75)80-63(7,8)9)68-60(67-58)78-41-64(24-25-64)40-70-30-28-69(29-31-70)36-46-21-26-71(27-22-46)61(74)77-39-47-15-12-11-13-16-47/h11-18,33-35,43-46,50-51H,19-22,24-31,36-42H2,1-10H3. The number of fused-ring (bicyclic) bond motifs is 4. The number of halogens is 1. The minimum Gasteiger partial charge on any atom is -0.468 e. The van der Waals surface area contributed by atoms with Crippen molar-refractivity contribution >= 4 is 47.8 Å². The molecule has 81 heavy (non-hydrogen) atoms. The monoisotopic (exact) mass is 1120 g/mol. The van der Waals surface area contributed by atoms with E-state index in [-0.39, 0.29) is 53.7 Å². The molecule has 2 aromatic heterocycles. The van der Waals surface area contributed by atoms with Crippen molar-refractivity contribution < 1.29 is 37.7 Å². The number of nitrogens with zero attached hydrogens (tertiary/aromatic N) is 8. The van der Waals surface area contributed by atoms with Gasteiger partial charge in [-0.3, -0.25) is 9.88 Å². The van der Waals surface area contributed by atoms with Crippen molar-refractivity contribution in [3.63, 3.8) is 0 Å². The fraction of sp³-hybridized carbons (Fsp3) is 0.578. The van der Waals surface area contributed by atoms with Gasteiger partial charge >= 0.3 is 18.2 Å². The van der Waals surface area contributed by atoms with Gasteiger partial charge in [-0.25, -0.2) is 14.0 Å². The molecule has 2 bridgehead atoms. The molecular formula is C64H85FN8O7Si. The molecule has 17 heteroatoms. The predicted molar refractivity (Wildman–Crippen MR) is 319 cm³/mol. The summed E-state index contributed by atoms with van der Waals surface area (Å²) in [6.07, 6.45) is 6.80. The zero-order chi connectivity index (χ0) is 57.2. The molecule has 0 spiro atoms. The summed E-state index contributed by atoms with van der Waals surface area (Å²) >= 11 is 0. The molecule has 1 aliphatic carbocycles. The molecule has 1 saturated carbocycles. The summed E-state index contributed by atoms with van der Waals surface area (Å²) in [5, 5.41) is 2.10. The van der Waals surface area contributed by atoms with Crippen LogP contribution in [0.15, 0.2) is 66.9 Å². The molecule has 3 aromatic carbocycles. The summed E-state index contributed by atoms with van der Waals surface area (Å²) in [4.78, 5) is 52.6. The van der Waals surface area contributed by atoms with E-state index in [1.54, 1.807) is 13.3 Å². The number of hydrogen-bond donors (Lipinski definition) is 0. The minimum absolute atomic E-state index is 0.0132. The van der Waals surface area contributed by atoms with Crippen LogP contribution < -0.4 is 14.4 Å². The molecule has 2 amide bonds. The number of piperazine rings is 2. The zero-order valence-corrected chi connectivity index (χ0v) is 50.6. The number of pyridine rings is 1. The number of rotatable bonds is 17. The topological polar surface area (TPSA) is 135 Å². The second kappa shape index (κ2) is 24.4. The number of benzene rings is 3. The maximum atomic E-state index is 18.2. The van der Waals surface area contributed by atoms with Crippen molar-refractivity contribution in [2.45, 2.75) is 142 Å². The molecule has 434 valence electrons. The van der Waals surface area contributed by atoms with Gasteiger partial charge in [-0.1, -0.05) is 89.9 Å². The number of ether oxygens (including phenoxy) is 5. The highest BCUT2D eigenvalue weighted by Gasteiger charge is 2.47. The Bertz CT molecular complexity index is 3070. The number of carbonyl (C=O) groups is 2. The average Bonchev–Trinajstić information content (AvgIpc) is 4.07. The number of amides is 2. The number of likely N-dealkylation sites (tertiary alicyclic amines) is 1. The molecule has 5 aliphatic rings. The molecule has 0 radical (unpaired) electrons. The summed E-state index contributed by atoms with van der Waals surface area (Å²) in [5.41, 5.74) is 7.08. The third-order valence-electron chi connectivity index (χ3n) is 17.9. The second-order valence-electron chi connectivity index (χ2n) is 25.6. The minimum atomic E-state index is -2.15. The van der Waals surface area contributed by atoms with Crippen LogP contribution in [0.4, 0.5) is 19.8 Å². The summed E-state index contributed by atoms with van der Waals surface area (Å²) < 4.78 is 47.8. The first kappa shape index (κ1) is 58.1. The Labute approximate surface area is 480 Å². The van der Waals surface area contributed by atoms with Crippen LogP contribution in [0.25, 0.3) is 32.9 Å². The van der Waals surface area contributed by atoms with Gasteiger partial charge in [0.2, 0.25) is 0 Å². The Kier molecular flexibility index (Phi) is 17.5. The Morgan fingerprint density at radius 3 is 2.14 bits per heavy atom. The van der Waals surface area contributed by atoms with Crippen LogP contribution in [0.1, 0.15) is 112 Å². The van der Waals surface area contributed by atoms with Gasteiger partial charge in [0.25, 0.3) is 0 Å². The first-order valence-corrected chi connectivity index (χ1v) is 31.9. The van der Waals surface area contributed by atoms with E-state index in [4.69, 9.17) is 38.6 Å². The van der Waals surface area contributed by atoms with Crippen LogP contribution in [0.2, 0.25) is 16.6 Å². The largest absolute Gasteiger partial charge is 0.468 e. The lowest BCUT2D eigenvalue weighted by molar-refractivity contribution is 0.0122. The van der Waals surface area contributed by atoms with E-state index in [0.29, 0.717) is 71.4 Å². The van der Waals surface area contributed by atoms with Gasteiger partial charge in [0.1, 0.15) is 43.1 Å². The Hall–Kier alpha value is -6.06. The van der Waals surface area contributed by atoms with Gasteiger partial charge < -0.3 is 43.3 Å². The summed E-state index contributed by atoms with van der Waals surface area (Å²) in [7, 11) is -0.580. The summed E-state index contributed by atoms with van der Waals surface area (Å²) in [6.45, 7) is 28.5. The van der Waals surface area contributed by atoms with Crippen molar-refractivity contribution in [1.82, 2.24) is 34.6 Å². The number of aromatic nitrogens is 3. The first-order chi connectivity index (χ1) is 38.8. The third-order valence-corrected chi connectivity index (χ3v) is 24.2. The van der Waals surface area contributed by atoms with Crippen molar-refractivity contribution in [2.75, 3.05) is 90.9 Å². The van der Waals surface area contributed by atoms with Crippen LogP contribution in [0.5, 0.6) is 11.8 Å². The lowest BCUT2D eigenvalue weighted by Gasteiger charge is -2.42. The van der Waals surface area contributed by atoms with E-state index in [2.05, 4.69) is 67.7 Å². The molecule has 4 saturated heterocycles. The molecule has 10 rings (SSSR count). The van der Waals surface area contributed by atoms with Gasteiger partial charge in [-0.05, 0) is 111 Å². The lowest BCUT2D eigenvalue weighted by Crippen LogP contribution is -2.57. The van der Waals surface area contributed by atoms with Crippen molar-refractivity contribution in [1.29, 1.82) is 0 Å². The van der Waals surface area contributed by atoms with Gasteiger partial charge in [0.05, 0.1) is 24.1 Å². The molecule has 2 atom stereocenters. The molecule has 5 fully saturated rings. The maximum Gasteiger partial charge on any atom is 0.410 e. The summed E-state index contributed by atoms with van der Waals surface area (Å²) in [5.74, 6) is 4.69. The van der Waals surface area contributed by atoms with Crippen molar-refractivity contribution in [3.05, 3.63) is 83.8 Å². The van der Waals surface area contributed by atoms with E-state index < -0.39 is 19.5 Å². The normalized spacial score (nSPS) is 19.9. The fourth-order valence-corrected chi connectivity index (χ4v) is 18.8. The van der Waals surface area contributed by atoms with Gasteiger partial charge in [0, 0.05) is 101 Å². The van der Waals surface area contributed by atoms with Gasteiger partial charge in [0.15, 0.2) is 12.6 Å². The number of methoxy groups -OCH3 is 1. The molecule has 6 heterocycles. The van der Waals surface area contributed by atoms with E-state index in [0.717, 1.165) is 113 Å². The Balaban J connectivity index is 0.901. The molecule has 0 N–H and O–H groups in total. The quantitative estimate of drug-likeness (QED) is 0.0497. The average molecular weight is 1130 g/mol. The SMILES string of the molecule is COCOc1cc(-c2ncc3c(N4CC5CCC(C4)N5C(=O)OC(C)(C)C)nc(OCC4(CN5CCN(CC6CCN(C(=O)OCc7ccccc7)CC6)CC5)CC4)nc3c2F)c2c(C#C[Si](C(C)C)(C(C)C)C(C)C)cccc2c1. The molecule has 4 aliphatic heterocycles. The Morgan fingerprint density at radius 2 is 1.49 bits per heavy atom. The predicted octanol–water partition coefficient (Wildman–Crippen LogP) is 11.9. The van der Waals surface area contributed by atoms with Gasteiger partial charge in [-0.15, -0.1) is 5.54 Å². The van der Waals surface area contributed by atoms with E-state index in [1.807, 2.05) is 91.2 Å². The van der Waals surface area contributed by atoms with Crippen LogP contribution in [0, 0.1) is 28.6 Å². The molecule has 2 unspecified atom stereocenters. The van der Waals surface area contributed by atoms with Crippen molar-refractivity contribution in [3.8, 4) is 34.5 Å². The number of hydrogen-bond acceptors (Lipinski definition) is 13. The zero-order valence-electron chi connectivity index (χ0n) is 49.6. The second-order valence-corrected chi connectivity index (χ2v) is 31.2. The smallest absolute Gasteiger partial charge is 0.410 e. The number of carbonyl (C=O) groups excluding carboxylic acids is 2. The van der Waals surface area contributed by atoms with Crippen molar-refractivity contribution in [2.24, 2.45) is 11.3 Å². The summed E-state index contributed by atoms with van der Waals surface area (Å²) in [6, 6.07) is 19.5. The highest BCUT2D eigenvalue weighted by atomic mass is 28.3. The van der Waals surface area contributed by atoms with Crippen LogP contribution in [-0.4, -0.2) is 158 Å². The highest BCUT2D eigenvalue weighted by Crippen LogP contribution is 2.48.